The summed E-state index contributed by atoms with van der Waals surface area (Å²) in [6.45, 7) is 1.12. The number of fused-ring (bicyclic) bond motifs is 1. The molecule has 0 bridgehead atoms. The number of hydrogen-bond donors (Lipinski definition) is 0. The number of rotatable bonds is 0. The minimum Gasteiger partial charge on any atom is -0.291 e. The molecular formula is C8H12N2. The number of likely N-dealkylation sites (tertiary alicyclic amines) is 1. The van der Waals surface area contributed by atoms with Crippen LogP contribution in [-0.2, 0) is 0 Å². The fraction of sp³-hybridized carbons (Fsp3) is 0.875. The first-order chi connectivity index (χ1) is 4.83. The van der Waals surface area contributed by atoms with Gasteiger partial charge in [-0.05, 0) is 38.3 Å². The second kappa shape index (κ2) is 1.96. The first-order valence-electron chi connectivity index (χ1n) is 3.93. The molecular weight excluding hydrogens is 124 g/mol. The third-order valence-electron chi connectivity index (χ3n) is 2.84. The minimum atomic E-state index is 0.235. The van der Waals surface area contributed by atoms with Gasteiger partial charge in [0.15, 0.2) is 0 Å². The van der Waals surface area contributed by atoms with Crippen LogP contribution in [0.2, 0.25) is 0 Å². The molecule has 2 fully saturated rings. The topological polar surface area (TPSA) is 27.0 Å². The maximum absolute atomic E-state index is 8.77. The van der Waals surface area contributed by atoms with Crippen LogP contribution in [0.25, 0.3) is 0 Å². The van der Waals surface area contributed by atoms with Gasteiger partial charge in [-0.2, -0.15) is 5.26 Å². The predicted octanol–water partition coefficient (Wildman–Crippen LogP) is 0.850. The summed E-state index contributed by atoms with van der Waals surface area (Å²) >= 11 is 0. The van der Waals surface area contributed by atoms with E-state index in [1.165, 1.54) is 12.8 Å². The van der Waals surface area contributed by atoms with Gasteiger partial charge in [0, 0.05) is 0 Å². The molecule has 2 rings (SSSR count). The number of nitrogens with zero attached hydrogens (tertiary/aromatic N) is 2. The lowest BCUT2D eigenvalue weighted by Gasteiger charge is -2.26. The van der Waals surface area contributed by atoms with E-state index in [1.54, 1.807) is 0 Å². The second-order valence-electron chi connectivity index (χ2n) is 3.50. The molecule has 54 valence electrons. The fourth-order valence-electron chi connectivity index (χ4n) is 2.02. The Morgan fingerprint density at radius 3 is 3.00 bits per heavy atom. The van der Waals surface area contributed by atoms with Crippen molar-refractivity contribution in [3.63, 3.8) is 0 Å². The molecule has 1 saturated heterocycles. The molecule has 0 radical (unpaired) electrons. The minimum absolute atomic E-state index is 0.235. The maximum Gasteiger partial charge on any atom is 0.101 e. The Kier molecular flexibility index (Phi) is 1.21. The van der Waals surface area contributed by atoms with E-state index in [1.807, 2.05) is 0 Å². The van der Waals surface area contributed by atoms with E-state index in [-0.39, 0.29) is 6.04 Å². The van der Waals surface area contributed by atoms with Crippen molar-refractivity contribution in [1.29, 1.82) is 5.26 Å². The fourth-order valence-corrected chi connectivity index (χ4v) is 2.02. The van der Waals surface area contributed by atoms with E-state index >= 15 is 0 Å². The van der Waals surface area contributed by atoms with Crippen LogP contribution >= 0.6 is 0 Å². The van der Waals surface area contributed by atoms with Gasteiger partial charge in [-0.3, -0.25) is 4.90 Å². The average Bonchev–Trinajstić information content (AvgIpc) is 2.66. The molecule has 3 atom stereocenters. The summed E-state index contributed by atoms with van der Waals surface area (Å²) in [6.07, 6.45) is 2.63. The van der Waals surface area contributed by atoms with Crippen molar-refractivity contribution < 1.29 is 0 Å². The average molecular weight is 136 g/mol. The van der Waals surface area contributed by atoms with E-state index in [0.29, 0.717) is 0 Å². The van der Waals surface area contributed by atoms with Gasteiger partial charge in [0.25, 0.3) is 0 Å². The SMILES string of the molecule is CN1CCC2CC2C1C#N. The molecule has 0 spiro atoms. The summed E-state index contributed by atoms with van der Waals surface area (Å²) in [7, 11) is 2.06. The van der Waals surface area contributed by atoms with Crippen LogP contribution in [0.4, 0.5) is 0 Å². The van der Waals surface area contributed by atoms with Crippen molar-refractivity contribution in [2.45, 2.75) is 18.9 Å². The Bertz CT molecular complexity index is 180. The normalized spacial score (nSPS) is 45.8. The van der Waals surface area contributed by atoms with Crippen LogP contribution in [-0.4, -0.2) is 24.5 Å². The molecule has 2 nitrogen and oxygen atoms in total. The Morgan fingerprint density at radius 1 is 1.60 bits per heavy atom. The van der Waals surface area contributed by atoms with Crippen LogP contribution in [0.5, 0.6) is 0 Å². The molecule has 0 aromatic rings. The van der Waals surface area contributed by atoms with Gasteiger partial charge in [-0.1, -0.05) is 0 Å². The zero-order chi connectivity index (χ0) is 7.14. The van der Waals surface area contributed by atoms with Crippen molar-refractivity contribution in [3.05, 3.63) is 0 Å². The third-order valence-corrected chi connectivity index (χ3v) is 2.84. The molecule has 0 N–H and O–H groups in total. The summed E-state index contributed by atoms with van der Waals surface area (Å²) in [4.78, 5) is 2.19. The Hall–Kier alpha value is -0.550. The van der Waals surface area contributed by atoms with Gasteiger partial charge in [-0.15, -0.1) is 0 Å². The van der Waals surface area contributed by atoms with Crippen LogP contribution in [0.3, 0.4) is 0 Å². The van der Waals surface area contributed by atoms with Gasteiger partial charge in [0.05, 0.1) is 6.07 Å². The van der Waals surface area contributed by atoms with Crippen LogP contribution < -0.4 is 0 Å². The summed E-state index contributed by atoms with van der Waals surface area (Å²) < 4.78 is 0. The monoisotopic (exact) mass is 136 g/mol. The molecule has 0 aromatic carbocycles. The summed E-state index contributed by atoms with van der Waals surface area (Å²) in [5.74, 6) is 1.63. The lowest BCUT2D eigenvalue weighted by Crippen LogP contribution is -2.37. The smallest absolute Gasteiger partial charge is 0.101 e. The number of nitriles is 1. The van der Waals surface area contributed by atoms with Crippen LogP contribution in [0.15, 0.2) is 0 Å². The molecule has 0 aromatic heterocycles. The number of piperidine rings is 1. The van der Waals surface area contributed by atoms with E-state index in [4.69, 9.17) is 5.26 Å². The quantitative estimate of drug-likeness (QED) is 0.493. The molecule has 10 heavy (non-hydrogen) atoms. The van der Waals surface area contributed by atoms with E-state index in [9.17, 15) is 0 Å². The molecule has 2 heteroatoms. The highest BCUT2D eigenvalue weighted by molar-refractivity contribution is 5.08. The molecule has 1 aliphatic carbocycles. The molecule has 3 unspecified atom stereocenters. The summed E-state index contributed by atoms with van der Waals surface area (Å²) in [6, 6.07) is 2.61. The Morgan fingerprint density at radius 2 is 2.40 bits per heavy atom. The molecule has 0 amide bonds. The highest BCUT2D eigenvalue weighted by atomic mass is 15.1. The van der Waals surface area contributed by atoms with Crippen molar-refractivity contribution in [1.82, 2.24) is 4.90 Å². The van der Waals surface area contributed by atoms with E-state index in [0.717, 1.165) is 18.4 Å². The zero-order valence-corrected chi connectivity index (χ0v) is 6.25. The largest absolute Gasteiger partial charge is 0.291 e. The van der Waals surface area contributed by atoms with Gasteiger partial charge < -0.3 is 0 Å². The van der Waals surface area contributed by atoms with Crippen LogP contribution in [0, 0.1) is 23.2 Å². The Balaban J connectivity index is 2.08. The van der Waals surface area contributed by atoms with E-state index < -0.39 is 0 Å². The number of hydrogen-bond acceptors (Lipinski definition) is 2. The molecule has 1 heterocycles. The lowest BCUT2D eigenvalue weighted by atomic mass is 10.0. The lowest BCUT2D eigenvalue weighted by molar-refractivity contribution is 0.215. The summed E-state index contributed by atoms with van der Waals surface area (Å²) in [5.41, 5.74) is 0. The molecule has 1 aliphatic heterocycles. The second-order valence-corrected chi connectivity index (χ2v) is 3.50. The van der Waals surface area contributed by atoms with Gasteiger partial charge >= 0.3 is 0 Å². The highest BCUT2D eigenvalue weighted by Gasteiger charge is 2.47. The van der Waals surface area contributed by atoms with Crippen molar-refractivity contribution in [2.24, 2.45) is 11.8 Å². The summed E-state index contributed by atoms with van der Waals surface area (Å²) in [5, 5.41) is 8.77. The molecule has 2 aliphatic rings. The van der Waals surface area contributed by atoms with Gasteiger partial charge in [-0.25, -0.2) is 0 Å². The van der Waals surface area contributed by atoms with Crippen molar-refractivity contribution in [2.75, 3.05) is 13.6 Å². The van der Waals surface area contributed by atoms with Gasteiger partial charge in [0.1, 0.15) is 6.04 Å². The molecule has 1 saturated carbocycles. The van der Waals surface area contributed by atoms with Gasteiger partial charge in [0.2, 0.25) is 0 Å². The van der Waals surface area contributed by atoms with Crippen LogP contribution in [0.1, 0.15) is 12.8 Å². The first-order valence-corrected chi connectivity index (χ1v) is 3.93. The maximum atomic E-state index is 8.77. The van der Waals surface area contributed by atoms with E-state index in [2.05, 4.69) is 18.0 Å². The van der Waals surface area contributed by atoms with Crippen molar-refractivity contribution in [3.8, 4) is 6.07 Å². The Labute approximate surface area is 61.4 Å². The zero-order valence-electron chi connectivity index (χ0n) is 6.25. The predicted molar refractivity (Wildman–Crippen MR) is 38.2 cm³/mol. The highest BCUT2D eigenvalue weighted by Crippen LogP contribution is 2.47. The first kappa shape index (κ1) is 6.18. The third kappa shape index (κ3) is 0.741. The standard InChI is InChI=1S/C8H12N2/c1-10-3-2-6-4-7(6)8(10)5-9/h6-8H,2-4H2,1H3. The van der Waals surface area contributed by atoms with Crippen molar-refractivity contribution >= 4 is 0 Å².